The van der Waals surface area contributed by atoms with E-state index in [4.69, 9.17) is 4.98 Å². The summed E-state index contributed by atoms with van der Waals surface area (Å²) in [6.45, 7) is 3.32. The first-order chi connectivity index (χ1) is 6.45. The van der Waals surface area contributed by atoms with Gasteiger partial charge in [-0.25, -0.2) is 4.98 Å². The number of nitrogens with zero attached hydrogens (tertiary/aromatic N) is 2. The van der Waals surface area contributed by atoms with Crippen LogP contribution in [-0.4, -0.2) is 16.1 Å². The Morgan fingerprint density at radius 2 is 2.23 bits per heavy atom. The molecule has 0 fully saturated rings. The minimum absolute atomic E-state index is 1.03. The summed E-state index contributed by atoms with van der Waals surface area (Å²) in [7, 11) is 0. The van der Waals surface area contributed by atoms with Crippen LogP contribution in [0.4, 0.5) is 0 Å². The Bertz CT molecular complexity index is 297. The van der Waals surface area contributed by atoms with Crippen molar-refractivity contribution in [2.45, 2.75) is 38.8 Å². The zero-order chi connectivity index (χ0) is 8.67. The molecule has 0 saturated heterocycles. The summed E-state index contributed by atoms with van der Waals surface area (Å²) in [6.07, 6.45) is 4.96. The highest BCUT2D eigenvalue weighted by Crippen LogP contribution is 2.21. The lowest BCUT2D eigenvalue weighted by atomic mass is 10.1. The second-order valence-corrected chi connectivity index (χ2v) is 3.96. The largest absolute Gasteiger partial charge is 0.331 e. The Hall–Kier alpha value is -0.830. The van der Waals surface area contributed by atoms with Gasteiger partial charge < -0.3 is 9.88 Å². The molecule has 0 amide bonds. The van der Waals surface area contributed by atoms with E-state index in [1.54, 1.807) is 0 Å². The summed E-state index contributed by atoms with van der Waals surface area (Å²) >= 11 is 0. The van der Waals surface area contributed by atoms with Crippen molar-refractivity contribution in [2.75, 3.05) is 6.54 Å². The molecule has 3 heterocycles. The fourth-order valence-corrected chi connectivity index (χ4v) is 2.41. The van der Waals surface area contributed by atoms with Crippen LogP contribution in [0.5, 0.6) is 0 Å². The van der Waals surface area contributed by atoms with Crippen molar-refractivity contribution in [1.29, 1.82) is 0 Å². The number of rotatable bonds is 0. The molecule has 0 bridgehead atoms. The number of aromatic nitrogens is 2. The van der Waals surface area contributed by atoms with E-state index in [1.807, 2.05) is 0 Å². The van der Waals surface area contributed by atoms with E-state index in [2.05, 4.69) is 9.88 Å². The van der Waals surface area contributed by atoms with Gasteiger partial charge in [0.25, 0.3) is 0 Å². The average Bonchev–Trinajstić information content (AvgIpc) is 2.56. The molecule has 3 nitrogen and oxygen atoms in total. The molecule has 1 aromatic rings. The van der Waals surface area contributed by atoms with Crippen molar-refractivity contribution < 1.29 is 0 Å². The number of aryl methyl sites for hydroxylation is 1. The van der Waals surface area contributed by atoms with Crippen LogP contribution >= 0.6 is 0 Å². The van der Waals surface area contributed by atoms with E-state index < -0.39 is 0 Å². The fourth-order valence-electron chi connectivity index (χ4n) is 2.41. The fraction of sp³-hybridized carbons (Fsp3) is 0.700. The minimum atomic E-state index is 1.03. The third-order valence-electron chi connectivity index (χ3n) is 3.10. The van der Waals surface area contributed by atoms with Crippen molar-refractivity contribution >= 4 is 0 Å². The lowest BCUT2D eigenvalue weighted by Gasteiger charge is -2.18. The van der Waals surface area contributed by atoms with Crippen LogP contribution in [0.1, 0.15) is 30.1 Å². The molecule has 3 heteroatoms. The number of hydrogen-bond acceptors (Lipinski definition) is 2. The van der Waals surface area contributed by atoms with Gasteiger partial charge in [-0.2, -0.15) is 0 Å². The molecule has 0 aromatic carbocycles. The Labute approximate surface area is 78.2 Å². The standard InChI is InChI=1S/C10H15N3/c1-2-6-13-9-7-11-5-4-8(9)12-10(13)3-1/h11H,1-7H2. The predicted molar refractivity (Wildman–Crippen MR) is 50.6 cm³/mol. The third-order valence-corrected chi connectivity index (χ3v) is 3.10. The van der Waals surface area contributed by atoms with Gasteiger partial charge in [0.05, 0.1) is 11.4 Å². The first-order valence-electron chi connectivity index (χ1n) is 5.23. The van der Waals surface area contributed by atoms with Gasteiger partial charge in [0.2, 0.25) is 0 Å². The van der Waals surface area contributed by atoms with E-state index in [9.17, 15) is 0 Å². The zero-order valence-electron chi connectivity index (χ0n) is 7.84. The molecular formula is C10H15N3. The van der Waals surface area contributed by atoms with Crippen molar-refractivity contribution in [1.82, 2.24) is 14.9 Å². The van der Waals surface area contributed by atoms with Crippen LogP contribution in [0.15, 0.2) is 0 Å². The Morgan fingerprint density at radius 1 is 1.23 bits per heavy atom. The molecule has 0 saturated carbocycles. The number of nitrogens with one attached hydrogen (secondary N) is 1. The smallest absolute Gasteiger partial charge is 0.109 e. The number of fused-ring (bicyclic) bond motifs is 3. The van der Waals surface area contributed by atoms with Gasteiger partial charge in [0.1, 0.15) is 5.82 Å². The highest BCUT2D eigenvalue weighted by molar-refractivity contribution is 5.21. The molecule has 3 rings (SSSR count). The van der Waals surface area contributed by atoms with E-state index >= 15 is 0 Å². The van der Waals surface area contributed by atoms with E-state index in [0.29, 0.717) is 0 Å². The molecule has 2 aliphatic heterocycles. The van der Waals surface area contributed by atoms with Crippen molar-refractivity contribution in [3.8, 4) is 0 Å². The maximum absolute atomic E-state index is 4.71. The number of hydrogen-bond donors (Lipinski definition) is 1. The zero-order valence-corrected chi connectivity index (χ0v) is 7.84. The van der Waals surface area contributed by atoms with Crippen LogP contribution in [0.2, 0.25) is 0 Å². The normalized spacial score (nSPS) is 20.9. The molecule has 70 valence electrons. The van der Waals surface area contributed by atoms with E-state index in [0.717, 1.165) is 19.5 Å². The summed E-state index contributed by atoms with van der Waals surface area (Å²) in [5.74, 6) is 1.33. The van der Waals surface area contributed by atoms with Crippen LogP contribution in [-0.2, 0) is 25.9 Å². The maximum atomic E-state index is 4.71. The van der Waals surface area contributed by atoms with E-state index in [-0.39, 0.29) is 0 Å². The van der Waals surface area contributed by atoms with Crippen LogP contribution in [0, 0.1) is 0 Å². The van der Waals surface area contributed by atoms with Crippen molar-refractivity contribution in [2.24, 2.45) is 0 Å². The van der Waals surface area contributed by atoms with E-state index in [1.165, 1.54) is 43.0 Å². The molecule has 0 spiro atoms. The highest BCUT2D eigenvalue weighted by Gasteiger charge is 2.20. The molecule has 0 aliphatic carbocycles. The van der Waals surface area contributed by atoms with Gasteiger partial charge >= 0.3 is 0 Å². The van der Waals surface area contributed by atoms with Crippen molar-refractivity contribution in [3.63, 3.8) is 0 Å². The molecule has 1 aromatic heterocycles. The average molecular weight is 177 g/mol. The topological polar surface area (TPSA) is 29.9 Å². The molecule has 0 unspecified atom stereocenters. The van der Waals surface area contributed by atoms with Gasteiger partial charge in [-0.1, -0.05) is 0 Å². The van der Waals surface area contributed by atoms with Gasteiger partial charge in [-0.15, -0.1) is 0 Å². The first kappa shape index (κ1) is 7.56. The summed E-state index contributed by atoms with van der Waals surface area (Å²) < 4.78 is 2.44. The molecule has 0 atom stereocenters. The van der Waals surface area contributed by atoms with Crippen LogP contribution in [0.3, 0.4) is 0 Å². The maximum Gasteiger partial charge on any atom is 0.109 e. The Balaban J connectivity index is 2.09. The Morgan fingerprint density at radius 3 is 3.23 bits per heavy atom. The molecule has 0 radical (unpaired) electrons. The van der Waals surface area contributed by atoms with Crippen LogP contribution < -0.4 is 5.32 Å². The van der Waals surface area contributed by atoms with Gasteiger partial charge in [0, 0.05) is 32.5 Å². The lowest BCUT2D eigenvalue weighted by molar-refractivity contribution is 0.495. The first-order valence-corrected chi connectivity index (χ1v) is 5.23. The summed E-state index contributed by atoms with van der Waals surface area (Å²) in [4.78, 5) is 4.71. The second-order valence-electron chi connectivity index (χ2n) is 3.96. The van der Waals surface area contributed by atoms with Gasteiger partial charge in [0.15, 0.2) is 0 Å². The number of imidazole rings is 1. The summed E-state index contributed by atoms with van der Waals surface area (Å²) in [5, 5.41) is 3.42. The quantitative estimate of drug-likeness (QED) is 0.637. The molecule has 2 aliphatic rings. The predicted octanol–water partition coefficient (Wildman–Crippen LogP) is 0.865. The molecule has 13 heavy (non-hydrogen) atoms. The van der Waals surface area contributed by atoms with Gasteiger partial charge in [-0.05, 0) is 12.8 Å². The SMILES string of the molecule is C1CCn2c(nc3c2CNCC3)C1. The minimum Gasteiger partial charge on any atom is -0.331 e. The summed E-state index contributed by atoms with van der Waals surface area (Å²) in [5.41, 5.74) is 2.82. The third kappa shape index (κ3) is 1.10. The Kier molecular flexibility index (Phi) is 1.65. The van der Waals surface area contributed by atoms with Gasteiger partial charge in [-0.3, -0.25) is 0 Å². The second kappa shape index (κ2) is 2.84. The van der Waals surface area contributed by atoms with Crippen LogP contribution in [0.25, 0.3) is 0 Å². The highest BCUT2D eigenvalue weighted by atomic mass is 15.1. The molecular weight excluding hydrogens is 162 g/mol. The molecule has 1 N–H and O–H groups in total. The monoisotopic (exact) mass is 177 g/mol. The lowest BCUT2D eigenvalue weighted by Crippen LogP contribution is -2.26. The van der Waals surface area contributed by atoms with Crippen molar-refractivity contribution in [3.05, 3.63) is 17.2 Å². The summed E-state index contributed by atoms with van der Waals surface area (Å²) in [6, 6.07) is 0.